The Morgan fingerprint density at radius 1 is 1.06 bits per heavy atom. The number of aryl methyl sites for hydroxylation is 1. The first-order valence-corrected chi connectivity index (χ1v) is 10.2. The molecule has 0 saturated carbocycles. The molecular weight excluding hydrogens is 479 g/mol. The van der Waals surface area contributed by atoms with Gasteiger partial charge in [0.2, 0.25) is 5.91 Å². The second-order valence-corrected chi connectivity index (χ2v) is 7.61. The van der Waals surface area contributed by atoms with Crippen molar-refractivity contribution in [2.24, 2.45) is 0 Å². The van der Waals surface area contributed by atoms with Crippen molar-refractivity contribution < 1.29 is 37.1 Å². The Labute approximate surface area is 198 Å². The third-order valence-corrected chi connectivity index (χ3v) is 4.76. The molecule has 0 aliphatic rings. The lowest BCUT2D eigenvalue weighted by Crippen LogP contribution is -2.38. The minimum absolute atomic E-state index is 0.154. The first-order valence-electron chi connectivity index (χ1n) is 9.78. The van der Waals surface area contributed by atoms with Crippen LogP contribution in [0.25, 0.3) is 0 Å². The van der Waals surface area contributed by atoms with Crippen LogP contribution in [0.1, 0.15) is 21.5 Å². The summed E-state index contributed by atoms with van der Waals surface area (Å²) in [5.41, 5.74) is 0.0471. The number of hydrogen-bond donors (Lipinski definition) is 2. The maximum absolute atomic E-state index is 12.9. The highest BCUT2D eigenvalue weighted by atomic mass is 35.5. The standard InChI is InChI=1S/C22H21ClF3N3O5/c1-13-3-5-14(6-4-13)21(33)27-10-20(32)34-12-19(31)29(2)11-18(30)28-15-7-8-17(23)16(9-15)22(24,25)26/h3-9H,10-12H2,1-2H3,(H,27,33)(H,28,30). The molecule has 0 radical (unpaired) electrons. The zero-order valence-electron chi connectivity index (χ0n) is 18.2. The summed E-state index contributed by atoms with van der Waals surface area (Å²) in [6.07, 6.45) is -4.70. The normalized spacial score (nSPS) is 10.9. The molecule has 3 amide bonds. The molecule has 2 aromatic rings. The average Bonchev–Trinajstić information content (AvgIpc) is 2.76. The van der Waals surface area contributed by atoms with Gasteiger partial charge in [0.05, 0.1) is 17.1 Å². The second kappa shape index (κ2) is 11.5. The Hall–Kier alpha value is -3.60. The maximum atomic E-state index is 12.9. The summed E-state index contributed by atoms with van der Waals surface area (Å²) in [7, 11) is 1.25. The minimum atomic E-state index is -4.70. The van der Waals surface area contributed by atoms with Crippen molar-refractivity contribution in [3.05, 3.63) is 64.2 Å². The monoisotopic (exact) mass is 499 g/mol. The Morgan fingerprint density at radius 3 is 2.32 bits per heavy atom. The van der Waals surface area contributed by atoms with Gasteiger partial charge in [-0.2, -0.15) is 13.2 Å². The third kappa shape index (κ3) is 8.07. The van der Waals surface area contributed by atoms with Crippen molar-refractivity contribution in [2.75, 3.05) is 32.1 Å². The number of nitrogens with zero attached hydrogens (tertiary/aromatic N) is 1. The van der Waals surface area contributed by atoms with Crippen LogP contribution in [-0.2, 0) is 25.3 Å². The fraction of sp³-hybridized carbons (Fsp3) is 0.273. The average molecular weight is 500 g/mol. The molecule has 8 nitrogen and oxygen atoms in total. The van der Waals surface area contributed by atoms with Gasteiger partial charge in [-0.3, -0.25) is 19.2 Å². The van der Waals surface area contributed by atoms with E-state index in [0.29, 0.717) is 11.6 Å². The van der Waals surface area contributed by atoms with Gasteiger partial charge in [-0.1, -0.05) is 29.3 Å². The Kier molecular flexibility index (Phi) is 9.02. The number of nitrogens with one attached hydrogen (secondary N) is 2. The lowest BCUT2D eigenvalue weighted by molar-refractivity contribution is -0.150. The summed E-state index contributed by atoms with van der Waals surface area (Å²) in [4.78, 5) is 48.8. The number of ether oxygens (including phenoxy) is 1. The van der Waals surface area contributed by atoms with Crippen LogP contribution in [0.2, 0.25) is 5.02 Å². The van der Waals surface area contributed by atoms with Gasteiger partial charge in [-0.25, -0.2) is 0 Å². The van der Waals surface area contributed by atoms with Gasteiger partial charge in [-0.05, 0) is 37.3 Å². The molecule has 0 unspecified atom stereocenters. The molecular formula is C22H21ClF3N3O5. The van der Waals surface area contributed by atoms with E-state index in [-0.39, 0.29) is 5.69 Å². The van der Waals surface area contributed by atoms with Crippen molar-refractivity contribution >= 4 is 41.0 Å². The van der Waals surface area contributed by atoms with E-state index >= 15 is 0 Å². The van der Waals surface area contributed by atoms with Crippen molar-refractivity contribution in [1.29, 1.82) is 0 Å². The number of hydrogen-bond acceptors (Lipinski definition) is 5. The maximum Gasteiger partial charge on any atom is 0.417 e. The predicted octanol–water partition coefficient (Wildman–Crippen LogP) is 3.04. The topological polar surface area (TPSA) is 105 Å². The van der Waals surface area contributed by atoms with Crippen LogP contribution in [-0.4, -0.2) is 55.3 Å². The minimum Gasteiger partial charge on any atom is -0.454 e. The van der Waals surface area contributed by atoms with Gasteiger partial charge in [0.25, 0.3) is 11.8 Å². The van der Waals surface area contributed by atoms with Crippen LogP contribution in [0.3, 0.4) is 0 Å². The Balaban J connectivity index is 1.78. The summed E-state index contributed by atoms with van der Waals surface area (Å²) in [5.74, 6) is -2.87. The molecule has 12 heteroatoms. The number of carbonyl (C=O) groups excluding carboxylic acids is 4. The van der Waals surface area contributed by atoms with E-state index in [9.17, 15) is 32.3 Å². The summed E-state index contributed by atoms with van der Waals surface area (Å²) >= 11 is 5.53. The zero-order chi connectivity index (χ0) is 25.5. The Bertz CT molecular complexity index is 1070. The van der Waals surface area contributed by atoms with Crippen molar-refractivity contribution in [3.63, 3.8) is 0 Å². The largest absolute Gasteiger partial charge is 0.454 e. The Morgan fingerprint density at radius 2 is 1.71 bits per heavy atom. The van der Waals surface area contributed by atoms with E-state index < -0.39 is 60.1 Å². The SMILES string of the molecule is Cc1ccc(C(=O)NCC(=O)OCC(=O)N(C)CC(=O)Nc2ccc(Cl)c(C(F)(F)F)c2)cc1. The number of anilines is 1. The van der Waals surface area contributed by atoms with E-state index in [4.69, 9.17) is 16.3 Å². The van der Waals surface area contributed by atoms with E-state index in [1.54, 1.807) is 24.3 Å². The fourth-order valence-corrected chi connectivity index (χ4v) is 2.81. The van der Waals surface area contributed by atoms with Gasteiger partial charge in [-0.15, -0.1) is 0 Å². The van der Waals surface area contributed by atoms with Crippen LogP contribution in [0.15, 0.2) is 42.5 Å². The van der Waals surface area contributed by atoms with E-state index in [1.807, 2.05) is 6.92 Å². The molecule has 0 aliphatic heterocycles. The van der Waals surface area contributed by atoms with Crippen LogP contribution < -0.4 is 10.6 Å². The number of benzene rings is 2. The summed E-state index contributed by atoms with van der Waals surface area (Å²) < 4.78 is 43.5. The molecule has 2 rings (SSSR count). The molecule has 0 atom stereocenters. The molecule has 0 fully saturated rings. The molecule has 182 valence electrons. The molecule has 0 bridgehead atoms. The number of alkyl halides is 3. The van der Waals surface area contributed by atoms with Crippen LogP contribution >= 0.6 is 11.6 Å². The smallest absolute Gasteiger partial charge is 0.417 e. The van der Waals surface area contributed by atoms with Gasteiger partial charge >= 0.3 is 12.1 Å². The number of carbonyl (C=O) groups is 4. The highest BCUT2D eigenvalue weighted by molar-refractivity contribution is 6.31. The number of likely N-dealkylation sites (N-methyl/N-ethyl adjacent to an activating group) is 1. The molecule has 0 spiro atoms. The molecule has 0 aliphatic carbocycles. The molecule has 0 heterocycles. The lowest BCUT2D eigenvalue weighted by atomic mass is 10.1. The number of amides is 3. The number of rotatable bonds is 8. The molecule has 2 N–H and O–H groups in total. The highest BCUT2D eigenvalue weighted by Gasteiger charge is 2.33. The lowest BCUT2D eigenvalue weighted by Gasteiger charge is -2.17. The van der Waals surface area contributed by atoms with Crippen molar-refractivity contribution in [1.82, 2.24) is 10.2 Å². The molecule has 2 aromatic carbocycles. The first kappa shape index (κ1) is 26.7. The van der Waals surface area contributed by atoms with E-state index in [1.165, 1.54) is 13.1 Å². The van der Waals surface area contributed by atoms with Gasteiger partial charge in [0.1, 0.15) is 6.54 Å². The van der Waals surface area contributed by atoms with Crippen molar-refractivity contribution in [3.8, 4) is 0 Å². The summed E-state index contributed by atoms with van der Waals surface area (Å²) in [6.45, 7) is 0.188. The van der Waals surface area contributed by atoms with E-state index in [0.717, 1.165) is 16.5 Å². The second-order valence-electron chi connectivity index (χ2n) is 7.20. The van der Waals surface area contributed by atoms with Crippen molar-refractivity contribution in [2.45, 2.75) is 13.1 Å². The first-order chi connectivity index (χ1) is 15.9. The zero-order valence-corrected chi connectivity index (χ0v) is 18.9. The van der Waals surface area contributed by atoms with Gasteiger partial charge in [0.15, 0.2) is 6.61 Å². The summed E-state index contributed by atoms with van der Waals surface area (Å²) in [5, 5.41) is 4.08. The predicted molar refractivity (Wildman–Crippen MR) is 117 cm³/mol. The molecule has 0 aromatic heterocycles. The van der Waals surface area contributed by atoms with Crippen LogP contribution in [0, 0.1) is 6.92 Å². The fourth-order valence-electron chi connectivity index (χ4n) is 2.59. The number of halogens is 4. The highest BCUT2D eigenvalue weighted by Crippen LogP contribution is 2.36. The number of esters is 1. The van der Waals surface area contributed by atoms with Crippen LogP contribution in [0.4, 0.5) is 18.9 Å². The summed E-state index contributed by atoms with van der Waals surface area (Å²) in [6, 6.07) is 9.51. The molecule has 0 saturated heterocycles. The van der Waals surface area contributed by atoms with E-state index in [2.05, 4.69) is 10.6 Å². The van der Waals surface area contributed by atoms with Gasteiger partial charge < -0.3 is 20.3 Å². The molecule has 34 heavy (non-hydrogen) atoms. The van der Waals surface area contributed by atoms with Crippen LogP contribution in [0.5, 0.6) is 0 Å². The third-order valence-electron chi connectivity index (χ3n) is 4.43. The van der Waals surface area contributed by atoms with Gasteiger partial charge in [0, 0.05) is 18.3 Å². The quantitative estimate of drug-likeness (QED) is 0.543.